The topological polar surface area (TPSA) is 134 Å². The molecule has 10 nitrogen and oxygen atoms in total. The Morgan fingerprint density at radius 3 is 2.50 bits per heavy atom. The Bertz CT molecular complexity index is 1440. The molecule has 0 radical (unpaired) electrons. The van der Waals surface area contributed by atoms with Crippen LogP contribution in [0.5, 0.6) is 11.5 Å². The van der Waals surface area contributed by atoms with E-state index in [4.69, 9.17) is 14.6 Å². The summed E-state index contributed by atoms with van der Waals surface area (Å²) in [6, 6.07) is 17.5. The van der Waals surface area contributed by atoms with Gasteiger partial charge in [0.1, 0.15) is 30.3 Å². The number of carboxylic acids is 1. The zero-order valence-electron chi connectivity index (χ0n) is 20.1. The molecule has 194 valence electrons. The Balaban J connectivity index is 1.47. The lowest BCUT2D eigenvalue weighted by Gasteiger charge is -2.13. The van der Waals surface area contributed by atoms with Crippen LogP contribution in [0.1, 0.15) is 21.5 Å². The van der Waals surface area contributed by atoms with E-state index >= 15 is 0 Å². The van der Waals surface area contributed by atoms with E-state index in [1.165, 1.54) is 25.3 Å². The van der Waals surface area contributed by atoms with E-state index < -0.39 is 30.4 Å². The van der Waals surface area contributed by atoms with Gasteiger partial charge in [0.15, 0.2) is 0 Å². The molecule has 3 N–H and O–H groups in total. The highest BCUT2D eigenvalue weighted by Gasteiger charge is 2.35. The summed E-state index contributed by atoms with van der Waals surface area (Å²) in [5, 5.41) is 14.2. The molecular weight excluding hydrogens is 558 g/mol. The second-order valence-electron chi connectivity index (χ2n) is 8.10. The number of imide groups is 1. The van der Waals surface area contributed by atoms with Gasteiger partial charge in [0, 0.05) is 10.0 Å². The van der Waals surface area contributed by atoms with Crippen LogP contribution >= 0.6 is 15.9 Å². The monoisotopic (exact) mass is 579 g/mol. The molecule has 1 fully saturated rings. The molecule has 11 heteroatoms. The van der Waals surface area contributed by atoms with E-state index in [-0.39, 0.29) is 17.9 Å². The Morgan fingerprint density at radius 2 is 1.79 bits per heavy atom. The molecule has 4 amide bonds. The van der Waals surface area contributed by atoms with Crippen LogP contribution < -0.4 is 20.1 Å². The van der Waals surface area contributed by atoms with E-state index in [2.05, 4.69) is 26.6 Å². The van der Waals surface area contributed by atoms with Crippen LogP contribution in [0, 0.1) is 0 Å². The molecule has 1 heterocycles. The lowest BCUT2D eigenvalue weighted by atomic mass is 10.1. The molecule has 38 heavy (non-hydrogen) atoms. The van der Waals surface area contributed by atoms with Gasteiger partial charge in [0.05, 0.1) is 18.4 Å². The van der Waals surface area contributed by atoms with Crippen molar-refractivity contribution in [3.8, 4) is 11.5 Å². The number of nitrogens with zero attached hydrogens (tertiary/aromatic N) is 1. The zero-order valence-corrected chi connectivity index (χ0v) is 21.7. The van der Waals surface area contributed by atoms with Gasteiger partial charge in [-0.05, 0) is 54.1 Å². The molecule has 1 aliphatic heterocycles. The molecule has 0 spiro atoms. The molecule has 0 bridgehead atoms. The highest BCUT2D eigenvalue weighted by molar-refractivity contribution is 9.10. The maximum atomic E-state index is 13.0. The predicted molar refractivity (Wildman–Crippen MR) is 142 cm³/mol. The van der Waals surface area contributed by atoms with Gasteiger partial charge in [-0.15, -0.1) is 0 Å². The predicted octanol–water partition coefficient (Wildman–Crippen LogP) is 4.27. The molecule has 1 aliphatic rings. The summed E-state index contributed by atoms with van der Waals surface area (Å²) in [7, 11) is 1.47. The molecule has 3 aromatic rings. The molecule has 0 unspecified atom stereocenters. The number of aromatic carboxylic acids is 1. The van der Waals surface area contributed by atoms with E-state index in [1.807, 2.05) is 0 Å². The lowest BCUT2D eigenvalue weighted by Crippen LogP contribution is -2.38. The third-order valence-electron chi connectivity index (χ3n) is 5.51. The first-order chi connectivity index (χ1) is 18.2. The van der Waals surface area contributed by atoms with Gasteiger partial charge in [-0.25, -0.2) is 14.5 Å². The van der Waals surface area contributed by atoms with Crippen molar-refractivity contribution in [2.45, 2.75) is 6.61 Å². The quantitative estimate of drug-likeness (QED) is 0.254. The van der Waals surface area contributed by atoms with Gasteiger partial charge in [0.2, 0.25) is 5.91 Å². The van der Waals surface area contributed by atoms with Crippen LogP contribution in [0.15, 0.2) is 76.9 Å². The van der Waals surface area contributed by atoms with Crippen molar-refractivity contribution in [2.75, 3.05) is 19.0 Å². The first-order valence-corrected chi connectivity index (χ1v) is 12.1. The number of nitrogens with one attached hydrogen (secondary N) is 2. The minimum absolute atomic E-state index is 0.0196. The van der Waals surface area contributed by atoms with Crippen LogP contribution in [-0.4, -0.2) is 47.5 Å². The SMILES string of the molecule is COc1ccccc1NC(=O)CN1C(=O)N/C(=C/c2cc(Br)ccc2OCc2ccc(C(=O)O)cc2)C1=O. The average Bonchev–Trinajstić information content (AvgIpc) is 3.16. The summed E-state index contributed by atoms with van der Waals surface area (Å²) in [5.74, 6) is -1.38. The van der Waals surface area contributed by atoms with Gasteiger partial charge >= 0.3 is 12.0 Å². The van der Waals surface area contributed by atoms with Crippen molar-refractivity contribution >= 4 is 51.5 Å². The first-order valence-electron chi connectivity index (χ1n) is 11.3. The number of benzene rings is 3. The number of urea groups is 1. The Hall–Kier alpha value is -4.64. The number of halogens is 1. The molecule has 0 aromatic heterocycles. The van der Waals surface area contributed by atoms with Crippen LogP contribution in [0.2, 0.25) is 0 Å². The summed E-state index contributed by atoms with van der Waals surface area (Å²) in [4.78, 5) is 49.9. The van der Waals surface area contributed by atoms with Crippen molar-refractivity contribution < 1.29 is 33.8 Å². The van der Waals surface area contributed by atoms with Gasteiger partial charge in [-0.2, -0.15) is 0 Å². The summed E-state index contributed by atoms with van der Waals surface area (Å²) < 4.78 is 11.8. The van der Waals surface area contributed by atoms with E-state index in [9.17, 15) is 19.2 Å². The Labute approximate surface area is 226 Å². The molecule has 3 aromatic carbocycles. The minimum atomic E-state index is -1.02. The van der Waals surface area contributed by atoms with Gasteiger partial charge in [-0.3, -0.25) is 9.59 Å². The van der Waals surface area contributed by atoms with Crippen molar-refractivity contribution in [2.24, 2.45) is 0 Å². The molecule has 1 saturated heterocycles. The molecule has 0 atom stereocenters. The number of anilines is 1. The highest BCUT2D eigenvalue weighted by atomic mass is 79.9. The largest absolute Gasteiger partial charge is 0.495 e. The smallest absolute Gasteiger partial charge is 0.335 e. The first kappa shape index (κ1) is 26.4. The van der Waals surface area contributed by atoms with Gasteiger partial charge < -0.3 is 25.2 Å². The van der Waals surface area contributed by atoms with E-state index in [0.29, 0.717) is 27.2 Å². The van der Waals surface area contributed by atoms with Crippen LogP contribution in [0.25, 0.3) is 6.08 Å². The second kappa shape index (κ2) is 11.6. The van der Waals surface area contributed by atoms with Crippen LogP contribution in [0.3, 0.4) is 0 Å². The maximum Gasteiger partial charge on any atom is 0.335 e. The molecule has 4 rings (SSSR count). The second-order valence-corrected chi connectivity index (χ2v) is 9.02. The van der Waals surface area contributed by atoms with Gasteiger partial charge in [-0.1, -0.05) is 40.2 Å². The summed E-state index contributed by atoms with van der Waals surface area (Å²) >= 11 is 3.39. The highest BCUT2D eigenvalue weighted by Crippen LogP contribution is 2.28. The summed E-state index contributed by atoms with van der Waals surface area (Å²) in [5.41, 5.74) is 1.81. The number of hydrogen-bond acceptors (Lipinski definition) is 6. The zero-order chi connectivity index (χ0) is 27.2. The number of amides is 4. The standard InChI is InChI=1S/C27H22BrN3O7/c1-37-23-5-3-2-4-20(23)29-24(32)14-31-25(33)21(30-27(31)36)13-18-12-19(28)10-11-22(18)38-15-16-6-8-17(9-7-16)26(34)35/h2-13H,14-15H2,1H3,(H,29,32)(H,30,36)(H,34,35)/b21-13+. The van der Waals surface area contributed by atoms with E-state index in [1.54, 1.807) is 54.6 Å². The number of rotatable bonds is 9. The maximum absolute atomic E-state index is 13.0. The third-order valence-corrected chi connectivity index (χ3v) is 6.01. The number of para-hydroxylation sites is 2. The van der Waals surface area contributed by atoms with Crippen LogP contribution in [-0.2, 0) is 16.2 Å². The van der Waals surface area contributed by atoms with Gasteiger partial charge in [0.25, 0.3) is 5.91 Å². The molecule has 0 saturated carbocycles. The van der Waals surface area contributed by atoms with Crippen molar-refractivity contribution in [1.82, 2.24) is 10.2 Å². The van der Waals surface area contributed by atoms with Crippen molar-refractivity contribution in [3.05, 3.63) is 93.6 Å². The van der Waals surface area contributed by atoms with Crippen LogP contribution in [0.4, 0.5) is 10.5 Å². The Kier molecular flexibility index (Phi) is 8.07. The number of carbonyl (C=O) groups is 4. The summed E-state index contributed by atoms with van der Waals surface area (Å²) in [6.45, 7) is -0.346. The molecule has 0 aliphatic carbocycles. The fourth-order valence-corrected chi connectivity index (χ4v) is 4.00. The number of methoxy groups -OCH3 is 1. The minimum Gasteiger partial charge on any atom is -0.495 e. The van der Waals surface area contributed by atoms with Crippen molar-refractivity contribution in [1.29, 1.82) is 0 Å². The van der Waals surface area contributed by atoms with Crippen molar-refractivity contribution in [3.63, 3.8) is 0 Å². The number of carbonyl (C=O) groups excluding carboxylic acids is 3. The fraction of sp³-hybridized carbons (Fsp3) is 0.111. The average molecular weight is 580 g/mol. The third kappa shape index (κ3) is 6.19. The Morgan fingerprint density at radius 1 is 1.05 bits per heavy atom. The van der Waals surface area contributed by atoms with E-state index in [0.717, 1.165) is 10.5 Å². The lowest BCUT2D eigenvalue weighted by molar-refractivity contribution is -0.127. The number of ether oxygens (including phenoxy) is 2. The number of carboxylic acid groups (broad SMARTS) is 1. The molecular formula is C27H22BrN3O7. The number of hydrogen-bond donors (Lipinski definition) is 3. The summed E-state index contributed by atoms with van der Waals surface area (Å²) in [6.07, 6.45) is 1.46. The fourth-order valence-electron chi connectivity index (χ4n) is 3.62. The normalized spacial score (nSPS) is 13.8.